The fourth-order valence-electron chi connectivity index (χ4n) is 2.43. The minimum atomic E-state index is -4.23. The van der Waals surface area contributed by atoms with Crippen molar-refractivity contribution in [2.75, 3.05) is 12.9 Å². The van der Waals surface area contributed by atoms with E-state index in [1.807, 2.05) is 30.3 Å². The van der Waals surface area contributed by atoms with Crippen LogP contribution in [0.15, 0.2) is 35.2 Å². The van der Waals surface area contributed by atoms with Crippen LogP contribution in [0.4, 0.5) is 13.2 Å². The monoisotopic (exact) mass is 464 g/mol. The van der Waals surface area contributed by atoms with Gasteiger partial charge in [0.05, 0.1) is 13.2 Å². The minimum Gasteiger partial charge on any atom is -0.650 e. The van der Waals surface area contributed by atoms with Gasteiger partial charge in [-0.05, 0) is 12.5 Å². The van der Waals surface area contributed by atoms with Crippen LogP contribution in [0.3, 0.4) is 0 Å². The summed E-state index contributed by atoms with van der Waals surface area (Å²) in [6, 6.07) is 9.47. The molecule has 0 radical (unpaired) electrons. The Balaban J connectivity index is 0.000000733. The zero-order valence-corrected chi connectivity index (χ0v) is 19.1. The fourth-order valence-corrected chi connectivity index (χ4v) is 3.32. The second-order valence-electron chi connectivity index (χ2n) is 6.61. The van der Waals surface area contributed by atoms with E-state index in [1.54, 1.807) is 0 Å². The summed E-state index contributed by atoms with van der Waals surface area (Å²) in [5.74, 6) is -5.33. The number of sulfone groups is 1. The summed E-state index contributed by atoms with van der Waals surface area (Å²) in [6.07, 6.45) is 1.54. The zero-order valence-electron chi connectivity index (χ0n) is 18.3. The molecule has 2 aromatic rings. The van der Waals surface area contributed by atoms with Gasteiger partial charge in [0.1, 0.15) is 4.90 Å². The average Bonchev–Trinajstić information content (AvgIpc) is 2.74. The third kappa shape index (κ3) is 8.53. The third-order valence-corrected chi connectivity index (χ3v) is 5.35. The Morgan fingerprint density at radius 2 is 1.59 bits per heavy atom. The quantitative estimate of drug-likeness (QED) is 0.320. The molecule has 0 aliphatic rings. The first-order valence-electron chi connectivity index (χ1n) is 9.19. The number of carbonyl (C=O) groups excluding carboxylic acids is 1. The summed E-state index contributed by atoms with van der Waals surface area (Å²) >= 11 is 0. The van der Waals surface area contributed by atoms with E-state index in [0.29, 0.717) is 25.7 Å². The maximum Gasteiger partial charge on any atom is 1.00 e. The van der Waals surface area contributed by atoms with Crippen LogP contribution < -0.4 is 23.6 Å². The Morgan fingerprint density at radius 3 is 2.06 bits per heavy atom. The molecule has 2 rings (SSSR count). The first-order valence-corrected chi connectivity index (χ1v) is 11.1. The van der Waals surface area contributed by atoms with Crippen molar-refractivity contribution in [2.45, 2.75) is 31.3 Å². The van der Waals surface area contributed by atoms with Gasteiger partial charge in [0, 0.05) is 11.8 Å². The van der Waals surface area contributed by atoms with Gasteiger partial charge in [0.2, 0.25) is 5.82 Å². The molecular formula is C22H24F3LiO5S-2. The van der Waals surface area contributed by atoms with Gasteiger partial charge in [-0.3, -0.25) is 0 Å². The van der Waals surface area contributed by atoms with Crippen LogP contribution in [0, 0.1) is 44.1 Å². The number of hydrogen-bond acceptors (Lipinski definition) is 5. The van der Waals surface area contributed by atoms with Crippen LogP contribution in [0.1, 0.15) is 24.0 Å². The summed E-state index contributed by atoms with van der Waals surface area (Å²) in [5.41, 5.74) is 0.590. The summed E-state index contributed by atoms with van der Waals surface area (Å²) in [5, 5.41) is 0. The molecule has 0 amide bonds. The summed E-state index contributed by atoms with van der Waals surface area (Å²) < 4.78 is 73.9. The van der Waals surface area contributed by atoms with E-state index >= 15 is 0 Å². The predicted octanol–water partition coefficient (Wildman–Crippen LogP) is 1.53. The van der Waals surface area contributed by atoms with Crippen molar-refractivity contribution in [1.82, 2.24) is 0 Å². The van der Waals surface area contributed by atoms with E-state index < -0.39 is 37.9 Å². The Bertz CT molecular complexity index is 936. The van der Waals surface area contributed by atoms with Gasteiger partial charge < -0.3 is 28.1 Å². The van der Waals surface area contributed by atoms with Crippen molar-refractivity contribution in [3.05, 3.63) is 72.8 Å². The van der Waals surface area contributed by atoms with Crippen molar-refractivity contribution in [3.8, 4) is 5.75 Å². The Morgan fingerprint density at radius 1 is 1.03 bits per heavy atom. The molecule has 0 N–H and O–H groups in total. The van der Waals surface area contributed by atoms with Gasteiger partial charge in [0.25, 0.3) is 0 Å². The number of hydrogen-bond donors (Lipinski definition) is 0. The molecule has 0 aliphatic heterocycles. The van der Waals surface area contributed by atoms with Crippen molar-refractivity contribution >= 4 is 16.3 Å². The van der Waals surface area contributed by atoms with Crippen LogP contribution in [-0.2, 0) is 26.0 Å². The van der Waals surface area contributed by atoms with E-state index in [-0.39, 0.29) is 36.9 Å². The largest absolute Gasteiger partial charge is 1.00 e. The number of halogens is 3. The topological polar surface area (TPSA) is 69.7 Å². The first-order chi connectivity index (χ1) is 14.6. The summed E-state index contributed by atoms with van der Waals surface area (Å²) in [7, 11) is -4.23. The molecule has 0 heterocycles. The zero-order chi connectivity index (χ0) is 23.6. The summed E-state index contributed by atoms with van der Waals surface area (Å²) in [6.45, 7) is 10.1. The van der Waals surface area contributed by atoms with Crippen LogP contribution in [0.2, 0.25) is 0 Å². The molecule has 0 aliphatic carbocycles. The molecule has 0 fully saturated rings. The van der Waals surface area contributed by atoms with Crippen LogP contribution in [0.5, 0.6) is 5.75 Å². The maximum absolute atomic E-state index is 14.0. The molecule has 0 atom stereocenters. The summed E-state index contributed by atoms with van der Waals surface area (Å²) in [4.78, 5) is 8.35. The Hall–Kier alpha value is -1.95. The van der Waals surface area contributed by atoms with Crippen molar-refractivity contribution in [3.63, 3.8) is 0 Å². The van der Waals surface area contributed by atoms with E-state index in [9.17, 15) is 26.4 Å². The standard InChI is InChI=1S/C14H17F3O3S.C8H7O2.Li/c1-5-9(6-2)7-20-13-8(3)10(15)14(21(4,18)19)12(17)11(13)16;9-7-10-6-8-4-2-1-3-5-8;/h9H,1-2,5-7H2,3-4H3;1-5H,6H2;/q-2;-1;+1. The molecular weight excluding hydrogens is 440 g/mol. The first kappa shape index (κ1) is 30.0. The molecule has 172 valence electrons. The number of ether oxygens (including phenoxy) is 2. The normalized spacial score (nSPS) is 10.6. The van der Waals surface area contributed by atoms with Crippen LogP contribution in [0.25, 0.3) is 0 Å². The molecule has 5 nitrogen and oxygen atoms in total. The second kappa shape index (κ2) is 14.2. The van der Waals surface area contributed by atoms with E-state index in [0.717, 1.165) is 12.5 Å². The smallest absolute Gasteiger partial charge is 0.650 e. The van der Waals surface area contributed by atoms with Crippen LogP contribution >= 0.6 is 0 Å². The van der Waals surface area contributed by atoms with E-state index in [1.165, 1.54) is 6.47 Å². The molecule has 0 aromatic heterocycles. The molecule has 32 heavy (non-hydrogen) atoms. The molecule has 0 saturated heterocycles. The molecule has 0 unspecified atom stereocenters. The van der Waals surface area contributed by atoms with Crippen LogP contribution in [-0.4, -0.2) is 27.8 Å². The number of benzene rings is 2. The van der Waals surface area contributed by atoms with Gasteiger partial charge in [-0.25, -0.2) is 17.2 Å². The van der Waals surface area contributed by atoms with Gasteiger partial charge in [-0.1, -0.05) is 42.7 Å². The number of rotatable bonds is 9. The maximum atomic E-state index is 14.0. The van der Waals surface area contributed by atoms with Gasteiger partial charge >= 0.3 is 18.9 Å². The molecule has 10 heteroatoms. The molecule has 0 saturated carbocycles. The minimum absolute atomic E-state index is 0. The van der Waals surface area contributed by atoms with Gasteiger partial charge in [-0.15, -0.1) is 0 Å². The molecule has 0 bridgehead atoms. The molecule has 2 aromatic carbocycles. The van der Waals surface area contributed by atoms with E-state index in [2.05, 4.69) is 18.6 Å². The predicted molar refractivity (Wildman–Crippen MR) is 110 cm³/mol. The fraction of sp³-hybridized carbons (Fsp3) is 0.318. The second-order valence-corrected chi connectivity index (χ2v) is 8.56. The van der Waals surface area contributed by atoms with E-state index in [4.69, 9.17) is 4.74 Å². The van der Waals surface area contributed by atoms with Crippen molar-refractivity contribution < 1.29 is 54.7 Å². The third-order valence-electron chi connectivity index (χ3n) is 4.25. The average molecular weight is 464 g/mol. The van der Waals surface area contributed by atoms with Gasteiger partial charge in [-0.2, -0.15) is 17.2 Å². The van der Waals surface area contributed by atoms with Crippen molar-refractivity contribution in [1.29, 1.82) is 0 Å². The van der Waals surface area contributed by atoms with Crippen molar-refractivity contribution in [2.24, 2.45) is 5.92 Å². The SMILES string of the molecule is O=[C-]OCc1ccccc1.[CH2-]CC(C[CH2-])COc1c(C)c(F)c(S(C)(=O)=O)c(F)c1F.[Li+]. The Kier molecular flexibility index (Phi) is 13.4. The molecule has 0 spiro atoms. The Labute approximate surface area is 199 Å². The van der Waals surface area contributed by atoms with Gasteiger partial charge in [0.15, 0.2) is 27.2 Å².